The van der Waals surface area contributed by atoms with E-state index in [2.05, 4.69) is 38.3 Å². The summed E-state index contributed by atoms with van der Waals surface area (Å²) in [6.45, 7) is 9.25. The van der Waals surface area contributed by atoms with Crippen molar-refractivity contribution in [2.75, 3.05) is 0 Å². The molecule has 0 spiro atoms. The zero-order valence-corrected chi connectivity index (χ0v) is 14.1. The van der Waals surface area contributed by atoms with Gasteiger partial charge in [-0.05, 0) is 53.4 Å². The van der Waals surface area contributed by atoms with Crippen LogP contribution in [0.4, 0.5) is 0 Å². The minimum Gasteiger partial charge on any atom is -0.362 e. The monoisotopic (exact) mass is 295 g/mol. The molecule has 0 aromatic heterocycles. The Morgan fingerprint density at radius 2 is 1.75 bits per heavy atom. The molecule has 2 aliphatic heterocycles. The minimum absolute atomic E-state index is 0.204. The van der Waals surface area contributed by atoms with Crippen LogP contribution in [0.5, 0.6) is 0 Å². The molecule has 4 heteroatoms. The maximum absolute atomic E-state index is 4.95. The number of thioether (sulfide) groups is 1. The van der Waals surface area contributed by atoms with Crippen LogP contribution in [0.2, 0.25) is 0 Å². The molecule has 2 atom stereocenters. The zero-order chi connectivity index (χ0) is 14.4. The lowest BCUT2D eigenvalue weighted by Gasteiger charge is -2.46. The SMILES string of the molecule is CC1(C)CC(NC2=N[C@@H]3CCCC[C@H]3S2)CC(C)(C)N1. The Morgan fingerprint density at radius 3 is 2.40 bits per heavy atom. The van der Waals surface area contributed by atoms with E-state index in [1.165, 1.54) is 43.7 Å². The summed E-state index contributed by atoms with van der Waals surface area (Å²) >= 11 is 2.01. The van der Waals surface area contributed by atoms with Gasteiger partial charge in [0.1, 0.15) is 0 Å². The number of rotatable bonds is 1. The second kappa shape index (κ2) is 5.20. The second-order valence-corrected chi connectivity index (χ2v) is 9.31. The van der Waals surface area contributed by atoms with E-state index in [-0.39, 0.29) is 11.1 Å². The van der Waals surface area contributed by atoms with Crippen molar-refractivity contribution in [2.45, 2.75) is 94.6 Å². The van der Waals surface area contributed by atoms with E-state index in [0.717, 1.165) is 5.25 Å². The van der Waals surface area contributed by atoms with Crippen LogP contribution >= 0.6 is 11.8 Å². The summed E-state index contributed by atoms with van der Waals surface area (Å²) in [6, 6.07) is 1.15. The van der Waals surface area contributed by atoms with Crippen molar-refractivity contribution >= 4 is 16.9 Å². The van der Waals surface area contributed by atoms with Crippen LogP contribution in [0.25, 0.3) is 0 Å². The Labute approximate surface area is 127 Å². The highest BCUT2D eigenvalue weighted by molar-refractivity contribution is 8.14. The molecule has 20 heavy (non-hydrogen) atoms. The number of nitrogens with zero attached hydrogens (tertiary/aromatic N) is 1. The number of piperidine rings is 1. The topological polar surface area (TPSA) is 36.4 Å². The fraction of sp³-hybridized carbons (Fsp3) is 0.938. The number of aliphatic imine (C=N–C) groups is 1. The predicted molar refractivity (Wildman–Crippen MR) is 88.5 cm³/mol. The summed E-state index contributed by atoms with van der Waals surface area (Å²) in [4.78, 5) is 4.95. The molecule has 1 aliphatic carbocycles. The van der Waals surface area contributed by atoms with Gasteiger partial charge >= 0.3 is 0 Å². The Hall–Kier alpha value is -0.220. The third kappa shape index (κ3) is 3.33. The summed E-state index contributed by atoms with van der Waals surface area (Å²) in [5, 5.41) is 9.49. The highest BCUT2D eigenvalue weighted by atomic mass is 32.2. The van der Waals surface area contributed by atoms with Gasteiger partial charge in [-0.15, -0.1) is 0 Å². The smallest absolute Gasteiger partial charge is 0.157 e. The molecule has 3 nitrogen and oxygen atoms in total. The van der Waals surface area contributed by atoms with Gasteiger partial charge in [-0.1, -0.05) is 24.6 Å². The molecule has 0 unspecified atom stereocenters. The van der Waals surface area contributed by atoms with Crippen LogP contribution in [-0.2, 0) is 0 Å². The minimum atomic E-state index is 0.204. The first-order chi connectivity index (χ1) is 9.33. The van der Waals surface area contributed by atoms with Crippen molar-refractivity contribution in [1.29, 1.82) is 0 Å². The summed E-state index contributed by atoms with van der Waals surface area (Å²) in [5.74, 6) is 0. The van der Waals surface area contributed by atoms with Crippen LogP contribution < -0.4 is 10.6 Å². The highest BCUT2D eigenvalue weighted by Gasteiger charge is 2.39. The van der Waals surface area contributed by atoms with Gasteiger partial charge in [0.2, 0.25) is 0 Å². The molecule has 3 rings (SSSR count). The van der Waals surface area contributed by atoms with E-state index in [9.17, 15) is 0 Å². The van der Waals surface area contributed by atoms with E-state index in [0.29, 0.717) is 12.1 Å². The largest absolute Gasteiger partial charge is 0.362 e. The molecule has 1 saturated carbocycles. The number of nitrogens with one attached hydrogen (secondary N) is 2. The van der Waals surface area contributed by atoms with E-state index in [1.54, 1.807) is 0 Å². The fourth-order valence-corrected chi connectivity index (χ4v) is 5.71. The first-order valence-electron chi connectivity index (χ1n) is 8.13. The van der Waals surface area contributed by atoms with E-state index < -0.39 is 0 Å². The standard InChI is InChI=1S/C16H29N3S/c1-15(2)9-11(10-16(3,4)19-15)17-14-18-12-7-5-6-8-13(12)20-14/h11-13,19H,5-10H2,1-4H3,(H,17,18)/t12-,13-/m1/s1. The number of fused-ring (bicyclic) bond motifs is 1. The molecule has 2 fully saturated rings. The summed E-state index contributed by atoms with van der Waals surface area (Å²) in [7, 11) is 0. The van der Waals surface area contributed by atoms with Gasteiger partial charge in [0.15, 0.2) is 5.17 Å². The molecule has 2 heterocycles. The Morgan fingerprint density at radius 1 is 1.10 bits per heavy atom. The van der Waals surface area contributed by atoms with Gasteiger partial charge in [-0.25, -0.2) is 0 Å². The molecule has 0 aromatic carbocycles. The Kier molecular flexibility index (Phi) is 3.83. The van der Waals surface area contributed by atoms with Gasteiger partial charge < -0.3 is 10.6 Å². The van der Waals surface area contributed by atoms with E-state index >= 15 is 0 Å². The normalized spacial score (nSPS) is 36.3. The summed E-state index contributed by atoms with van der Waals surface area (Å²) in [6.07, 6.45) is 7.76. The van der Waals surface area contributed by atoms with Crippen LogP contribution in [0, 0.1) is 0 Å². The maximum Gasteiger partial charge on any atom is 0.157 e. The van der Waals surface area contributed by atoms with Crippen molar-refractivity contribution < 1.29 is 0 Å². The average molecular weight is 295 g/mol. The molecule has 3 aliphatic rings. The fourth-order valence-electron chi connectivity index (χ4n) is 4.36. The quantitative estimate of drug-likeness (QED) is 0.779. The Bertz CT molecular complexity index is 387. The molecular weight excluding hydrogens is 266 g/mol. The van der Waals surface area contributed by atoms with Crippen LogP contribution in [0.15, 0.2) is 4.99 Å². The molecular formula is C16H29N3S. The van der Waals surface area contributed by atoms with Crippen LogP contribution in [0.3, 0.4) is 0 Å². The van der Waals surface area contributed by atoms with Gasteiger partial charge in [0.05, 0.1) is 6.04 Å². The number of hydrogen-bond donors (Lipinski definition) is 2. The third-order valence-corrected chi connectivity index (χ3v) is 6.03. The van der Waals surface area contributed by atoms with Crippen LogP contribution in [-0.4, -0.2) is 33.6 Å². The summed E-state index contributed by atoms with van der Waals surface area (Å²) in [5.41, 5.74) is 0.409. The van der Waals surface area contributed by atoms with Gasteiger partial charge in [-0.2, -0.15) is 0 Å². The lowest BCUT2D eigenvalue weighted by atomic mass is 9.80. The Balaban J connectivity index is 1.63. The van der Waals surface area contributed by atoms with Crippen molar-refractivity contribution in [1.82, 2.24) is 10.6 Å². The van der Waals surface area contributed by atoms with Crippen molar-refractivity contribution in [2.24, 2.45) is 4.99 Å². The number of amidine groups is 1. The molecule has 114 valence electrons. The average Bonchev–Trinajstić information content (AvgIpc) is 2.66. The lowest BCUT2D eigenvalue weighted by molar-refractivity contribution is 0.156. The highest BCUT2D eigenvalue weighted by Crippen LogP contribution is 2.37. The first kappa shape index (κ1) is 14.7. The van der Waals surface area contributed by atoms with Crippen LogP contribution in [0.1, 0.15) is 66.2 Å². The maximum atomic E-state index is 4.95. The van der Waals surface area contributed by atoms with Crippen molar-refractivity contribution in [3.05, 3.63) is 0 Å². The molecule has 2 N–H and O–H groups in total. The molecule has 1 saturated heterocycles. The van der Waals surface area contributed by atoms with Gasteiger partial charge in [0.25, 0.3) is 0 Å². The first-order valence-corrected chi connectivity index (χ1v) is 9.01. The van der Waals surface area contributed by atoms with Crippen molar-refractivity contribution in [3.8, 4) is 0 Å². The molecule has 0 bridgehead atoms. The number of hydrogen-bond acceptors (Lipinski definition) is 4. The molecule has 0 amide bonds. The predicted octanol–water partition coefficient (Wildman–Crippen LogP) is 3.30. The van der Waals surface area contributed by atoms with E-state index in [4.69, 9.17) is 4.99 Å². The lowest BCUT2D eigenvalue weighted by Crippen LogP contribution is -2.62. The van der Waals surface area contributed by atoms with Crippen molar-refractivity contribution in [3.63, 3.8) is 0 Å². The zero-order valence-electron chi connectivity index (χ0n) is 13.3. The van der Waals surface area contributed by atoms with Gasteiger partial charge in [0, 0.05) is 22.4 Å². The molecule has 0 radical (unpaired) electrons. The summed E-state index contributed by atoms with van der Waals surface area (Å²) < 4.78 is 0. The van der Waals surface area contributed by atoms with Gasteiger partial charge in [-0.3, -0.25) is 4.99 Å². The molecule has 0 aromatic rings. The second-order valence-electron chi connectivity index (χ2n) is 8.08. The van der Waals surface area contributed by atoms with E-state index in [1.807, 2.05) is 11.8 Å². The third-order valence-electron chi connectivity index (χ3n) is 4.73.